The molecule has 6 heteroatoms. The summed E-state index contributed by atoms with van der Waals surface area (Å²) >= 11 is 0. The van der Waals surface area contributed by atoms with Crippen LogP contribution in [-0.2, 0) is 9.53 Å². The third kappa shape index (κ3) is 3.62. The van der Waals surface area contributed by atoms with Crippen molar-refractivity contribution in [2.45, 2.75) is 38.2 Å². The van der Waals surface area contributed by atoms with Crippen LogP contribution in [0.2, 0.25) is 0 Å². The van der Waals surface area contributed by atoms with Crippen LogP contribution in [0.5, 0.6) is 0 Å². The largest absolute Gasteiger partial charge is 0.481 e. The number of likely N-dealkylation sites (tertiary alicyclic amines) is 1. The molecule has 6 nitrogen and oxygen atoms in total. The van der Waals surface area contributed by atoms with Gasteiger partial charge < -0.3 is 20.1 Å². The number of nitrogens with zero attached hydrogens (tertiary/aromatic N) is 1. The van der Waals surface area contributed by atoms with Crippen molar-refractivity contribution in [1.82, 2.24) is 10.2 Å². The molecule has 0 bridgehead atoms. The number of nitrogens with one attached hydrogen (secondary N) is 1. The maximum absolute atomic E-state index is 12.1. The number of carbonyl (C=O) groups is 2. The first kappa shape index (κ1) is 15.1. The van der Waals surface area contributed by atoms with Crippen LogP contribution in [0.15, 0.2) is 0 Å². The van der Waals surface area contributed by atoms with Gasteiger partial charge in [-0.15, -0.1) is 0 Å². The fraction of sp³-hybridized carbons (Fsp3) is 0.857. The number of carboxylic acids is 1. The van der Waals surface area contributed by atoms with Gasteiger partial charge in [0.2, 0.25) is 0 Å². The Balaban J connectivity index is 1.78. The first-order valence-electron chi connectivity index (χ1n) is 7.40. The van der Waals surface area contributed by atoms with Gasteiger partial charge >= 0.3 is 12.0 Å². The smallest absolute Gasteiger partial charge is 0.317 e. The predicted octanol–water partition coefficient (Wildman–Crippen LogP) is 1.31. The SMILES string of the molecule is COC1CCCC1CNC(=O)N1CCCC(C(=O)O)C1. The average molecular weight is 284 g/mol. The lowest BCUT2D eigenvalue weighted by Gasteiger charge is -2.31. The summed E-state index contributed by atoms with van der Waals surface area (Å²) in [6.45, 7) is 1.58. The molecular weight excluding hydrogens is 260 g/mol. The zero-order chi connectivity index (χ0) is 14.5. The lowest BCUT2D eigenvalue weighted by atomic mass is 9.99. The molecule has 2 amide bonds. The number of amides is 2. The van der Waals surface area contributed by atoms with E-state index in [1.165, 1.54) is 0 Å². The zero-order valence-electron chi connectivity index (χ0n) is 12.0. The van der Waals surface area contributed by atoms with E-state index in [1.54, 1.807) is 12.0 Å². The van der Waals surface area contributed by atoms with E-state index in [1.807, 2.05) is 0 Å². The fourth-order valence-corrected chi connectivity index (χ4v) is 3.24. The lowest BCUT2D eigenvalue weighted by Crippen LogP contribution is -2.48. The Morgan fingerprint density at radius 1 is 1.30 bits per heavy atom. The minimum Gasteiger partial charge on any atom is -0.481 e. The molecule has 2 rings (SSSR count). The van der Waals surface area contributed by atoms with Gasteiger partial charge in [-0.3, -0.25) is 4.79 Å². The van der Waals surface area contributed by atoms with Crippen molar-refractivity contribution in [2.24, 2.45) is 11.8 Å². The van der Waals surface area contributed by atoms with Gasteiger partial charge in [-0.1, -0.05) is 6.42 Å². The van der Waals surface area contributed by atoms with E-state index in [0.29, 0.717) is 32.0 Å². The van der Waals surface area contributed by atoms with Gasteiger partial charge in [0.1, 0.15) is 0 Å². The number of methoxy groups -OCH3 is 1. The predicted molar refractivity (Wildman–Crippen MR) is 73.5 cm³/mol. The highest BCUT2D eigenvalue weighted by Crippen LogP contribution is 2.27. The topological polar surface area (TPSA) is 78.9 Å². The van der Waals surface area contributed by atoms with Crippen molar-refractivity contribution < 1.29 is 19.4 Å². The summed E-state index contributed by atoms with van der Waals surface area (Å²) in [5, 5.41) is 12.0. The van der Waals surface area contributed by atoms with E-state index in [-0.39, 0.29) is 12.1 Å². The van der Waals surface area contributed by atoms with E-state index in [2.05, 4.69) is 5.32 Å². The monoisotopic (exact) mass is 284 g/mol. The molecule has 1 aliphatic heterocycles. The zero-order valence-corrected chi connectivity index (χ0v) is 12.0. The molecule has 0 aromatic heterocycles. The van der Waals surface area contributed by atoms with Crippen molar-refractivity contribution in [3.8, 4) is 0 Å². The average Bonchev–Trinajstić information content (AvgIpc) is 2.92. The van der Waals surface area contributed by atoms with Crippen LogP contribution in [0.1, 0.15) is 32.1 Å². The summed E-state index contributed by atoms with van der Waals surface area (Å²) in [6.07, 6.45) is 4.94. The summed E-state index contributed by atoms with van der Waals surface area (Å²) in [7, 11) is 1.72. The molecule has 1 saturated carbocycles. The lowest BCUT2D eigenvalue weighted by molar-refractivity contribution is -0.143. The molecule has 0 spiro atoms. The molecule has 0 aromatic carbocycles. The normalized spacial score (nSPS) is 30.2. The van der Waals surface area contributed by atoms with E-state index >= 15 is 0 Å². The fourth-order valence-electron chi connectivity index (χ4n) is 3.24. The maximum atomic E-state index is 12.1. The molecule has 0 radical (unpaired) electrons. The molecule has 114 valence electrons. The van der Waals surface area contributed by atoms with Gasteiger partial charge in [0.05, 0.1) is 12.0 Å². The van der Waals surface area contributed by atoms with Crippen LogP contribution in [0.4, 0.5) is 4.79 Å². The van der Waals surface area contributed by atoms with E-state index < -0.39 is 11.9 Å². The Morgan fingerprint density at radius 2 is 2.10 bits per heavy atom. The summed E-state index contributed by atoms with van der Waals surface area (Å²) in [4.78, 5) is 24.7. The highest BCUT2D eigenvalue weighted by molar-refractivity contribution is 5.76. The van der Waals surface area contributed by atoms with Gasteiger partial charge in [-0.25, -0.2) is 4.79 Å². The molecule has 1 aliphatic carbocycles. The number of carbonyl (C=O) groups excluding carboxylic acids is 1. The highest BCUT2D eigenvalue weighted by atomic mass is 16.5. The van der Waals surface area contributed by atoms with Crippen molar-refractivity contribution in [3.05, 3.63) is 0 Å². The third-order valence-electron chi connectivity index (χ3n) is 4.47. The number of hydrogen-bond acceptors (Lipinski definition) is 3. The molecule has 20 heavy (non-hydrogen) atoms. The Hall–Kier alpha value is -1.30. The van der Waals surface area contributed by atoms with Gasteiger partial charge in [-0.05, 0) is 25.7 Å². The summed E-state index contributed by atoms with van der Waals surface area (Å²) in [5.74, 6) is -0.852. The standard InChI is InChI=1S/C14H24N2O4/c1-20-12-6-2-4-10(12)8-15-14(19)16-7-3-5-11(9-16)13(17)18/h10-12H,2-9H2,1H3,(H,15,19)(H,17,18). The number of rotatable bonds is 4. The number of ether oxygens (including phenoxy) is 1. The highest BCUT2D eigenvalue weighted by Gasteiger charge is 2.30. The Bertz CT molecular complexity index is 361. The van der Waals surface area contributed by atoms with Crippen LogP contribution in [0, 0.1) is 11.8 Å². The van der Waals surface area contributed by atoms with Crippen LogP contribution in [0.3, 0.4) is 0 Å². The van der Waals surface area contributed by atoms with Crippen LogP contribution < -0.4 is 5.32 Å². The number of hydrogen-bond donors (Lipinski definition) is 2. The molecule has 2 aliphatic rings. The molecule has 2 N–H and O–H groups in total. The Kier molecular flexibility index (Phi) is 5.23. The van der Waals surface area contributed by atoms with Crippen LogP contribution >= 0.6 is 0 Å². The second kappa shape index (κ2) is 6.92. The van der Waals surface area contributed by atoms with Crippen molar-refractivity contribution in [1.29, 1.82) is 0 Å². The van der Waals surface area contributed by atoms with Crippen molar-refractivity contribution in [2.75, 3.05) is 26.7 Å². The Labute approximate surface area is 119 Å². The molecule has 1 saturated heterocycles. The van der Waals surface area contributed by atoms with Gasteiger partial charge in [0, 0.05) is 32.7 Å². The maximum Gasteiger partial charge on any atom is 0.317 e. The van der Waals surface area contributed by atoms with Crippen molar-refractivity contribution in [3.63, 3.8) is 0 Å². The van der Waals surface area contributed by atoms with Gasteiger partial charge in [0.15, 0.2) is 0 Å². The summed E-state index contributed by atoms with van der Waals surface area (Å²) < 4.78 is 5.41. The number of urea groups is 1. The van der Waals surface area contributed by atoms with Crippen LogP contribution in [0.25, 0.3) is 0 Å². The van der Waals surface area contributed by atoms with Gasteiger partial charge in [0.25, 0.3) is 0 Å². The number of aliphatic carboxylic acids is 1. The molecule has 3 unspecified atom stereocenters. The third-order valence-corrected chi connectivity index (χ3v) is 4.47. The van der Waals surface area contributed by atoms with Crippen LogP contribution in [-0.4, -0.2) is 54.9 Å². The first-order valence-corrected chi connectivity index (χ1v) is 7.40. The first-order chi connectivity index (χ1) is 9.61. The summed E-state index contributed by atoms with van der Waals surface area (Å²) in [6, 6.07) is -0.141. The minimum atomic E-state index is -0.808. The summed E-state index contributed by atoms with van der Waals surface area (Å²) in [5.41, 5.74) is 0. The van der Waals surface area contributed by atoms with E-state index in [9.17, 15) is 9.59 Å². The minimum absolute atomic E-state index is 0.141. The second-order valence-electron chi connectivity index (χ2n) is 5.77. The molecule has 0 aromatic rings. The quantitative estimate of drug-likeness (QED) is 0.816. The van der Waals surface area contributed by atoms with Gasteiger partial charge in [-0.2, -0.15) is 0 Å². The molecular formula is C14H24N2O4. The molecule has 2 fully saturated rings. The molecule has 3 atom stereocenters. The molecule has 1 heterocycles. The van der Waals surface area contributed by atoms with E-state index in [0.717, 1.165) is 25.7 Å². The Morgan fingerprint density at radius 3 is 2.80 bits per heavy atom. The van der Waals surface area contributed by atoms with Crippen molar-refractivity contribution >= 4 is 12.0 Å². The number of carboxylic acid groups (broad SMARTS) is 1. The van der Waals surface area contributed by atoms with E-state index in [4.69, 9.17) is 9.84 Å². The second-order valence-corrected chi connectivity index (χ2v) is 5.77. The number of piperidine rings is 1.